The van der Waals surface area contributed by atoms with Crippen molar-refractivity contribution in [3.63, 3.8) is 0 Å². The number of nitrogens with zero attached hydrogens (tertiary/aromatic N) is 1. The van der Waals surface area contributed by atoms with E-state index < -0.39 is 0 Å². The van der Waals surface area contributed by atoms with Crippen molar-refractivity contribution >= 4 is 0 Å². The van der Waals surface area contributed by atoms with Gasteiger partial charge in [-0.1, -0.05) is 32.1 Å². The average Bonchev–Trinajstić information content (AvgIpc) is 2.15. The van der Waals surface area contributed by atoms with Crippen molar-refractivity contribution in [1.82, 2.24) is 0 Å². The van der Waals surface area contributed by atoms with E-state index in [1.807, 2.05) is 0 Å². The number of aliphatic hydroxyl groups is 1. The summed E-state index contributed by atoms with van der Waals surface area (Å²) < 4.78 is 0. The van der Waals surface area contributed by atoms with Crippen LogP contribution in [0, 0.1) is 10.1 Å². The maximum atomic E-state index is 9.99. The molecule has 0 aliphatic heterocycles. The lowest BCUT2D eigenvalue weighted by Crippen LogP contribution is -1.99. The fourth-order valence-corrected chi connectivity index (χ4v) is 1.41. The minimum absolute atomic E-state index is 0.116. The molecule has 0 saturated carbocycles. The molecular formula is C10H21NO3. The summed E-state index contributed by atoms with van der Waals surface area (Å²) in [5.74, 6) is 0. The molecule has 0 fully saturated rings. The normalized spacial score (nSPS) is 10.4. The lowest BCUT2D eigenvalue weighted by atomic mass is 10.1. The third-order valence-corrected chi connectivity index (χ3v) is 2.25. The van der Waals surface area contributed by atoms with E-state index in [4.69, 9.17) is 5.11 Å². The minimum atomic E-state index is -0.249. The van der Waals surface area contributed by atoms with E-state index in [9.17, 15) is 10.1 Å². The Balaban J connectivity index is 2.88. The highest BCUT2D eigenvalue weighted by atomic mass is 16.6. The summed E-state index contributed by atoms with van der Waals surface area (Å²) >= 11 is 0. The number of aliphatic hydroxyl groups excluding tert-OH is 1. The van der Waals surface area contributed by atoms with Gasteiger partial charge in [0.15, 0.2) is 0 Å². The fourth-order valence-electron chi connectivity index (χ4n) is 1.41. The van der Waals surface area contributed by atoms with Gasteiger partial charge in [-0.25, -0.2) is 0 Å². The summed E-state index contributed by atoms with van der Waals surface area (Å²) in [5, 5.41) is 18.5. The van der Waals surface area contributed by atoms with Gasteiger partial charge in [-0.05, 0) is 12.8 Å². The molecule has 0 spiro atoms. The Kier molecular flexibility index (Phi) is 9.96. The number of rotatable bonds is 10. The molecule has 0 aliphatic carbocycles. The van der Waals surface area contributed by atoms with Gasteiger partial charge >= 0.3 is 0 Å². The highest BCUT2D eigenvalue weighted by molar-refractivity contribution is 4.46. The molecule has 0 rings (SSSR count). The van der Waals surface area contributed by atoms with Crippen LogP contribution in [0.1, 0.15) is 51.4 Å². The van der Waals surface area contributed by atoms with Crippen LogP contribution in [-0.2, 0) is 0 Å². The molecule has 84 valence electrons. The first-order valence-electron chi connectivity index (χ1n) is 5.50. The minimum Gasteiger partial charge on any atom is -0.396 e. The highest BCUT2D eigenvalue weighted by Gasteiger charge is 1.96. The molecule has 0 aromatic heterocycles. The zero-order chi connectivity index (χ0) is 10.6. The van der Waals surface area contributed by atoms with E-state index in [0.717, 1.165) is 25.7 Å². The van der Waals surface area contributed by atoms with Crippen LogP contribution in [-0.4, -0.2) is 23.2 Å². The first-order chi connectivity index (χ1) is 6.77. The van der Waals surface area contributed by atoms with Gasteiger partial charge in [0.25, 0.3) is 0 Å². The zero-order valence-electron chi connectivity index (χ0n) is 8.78. The molecule has 0 radical (unpaired) electrons. The van der Waals surface area contributed by atoms with Gasteiger partial charge in [-0.2, -0.15) is 0 Å². The standard InChI is InChI=1S/C10H21NO3/c12-10-8-6-4-2-1-3-5-7-9-11(13)14/h12H,1-10H2. The van der Waals surface area contributed by atoms with Crippen LogP contribution in [0.4, 0.5) is 0 Å². The van der Waals surface area contributed by atoms with Crippen LogP contribution >= 0.6 is 0 Å². The van der Waals surface area contributed by atoms with Gasteiger partial charge < -0.3 is 5.11 Å². The first kappa shape index (κ1) is 13.4. The Morgan fingerprint density at radius 1 is 0.857 bits per heavy atom. The maximum absolute atomic E-state index is 9.99. The van der Waals surface area contributed by atoms with Gasteiger partial charge in [0.1, 0.15) is 0 Å². The zero-order valence-corrected chi connectivity index (χ0v) is 8.78. The van der Waals surface area contributed by atoms with Crippen molar-refractivity contribution in [2.24, 2.45) is 0 Å². The van der Waals surface area contributed by atoms with Crippen molar-refractivity contribution in [1.29, 1.82) is 0 Å². The molecule has 0 heterocycles. The monoisotopic (exact) mass is 203 g/mol. The summed E-state index contributed by atoms with van der Waals surface area (Å²) in [4.78, 5) is 9.74. The predicted molar refractivity (Wildman–Crippen MR) is 55.9 cm³/mol. The summed E-state index contributed by atoms with van der Waals surface area (Å²) in [6.07, 6.45) is 8.34. The average molecular weight is 203 g/mol. The Hall–Kier alpha value is -0.640. The molecular weight excluding hydrogens is 182 g/mol. The molecule has 4 nitrogen and oxygen atoms in total. The third-order valence-electron chi connectivity index (χ3n) is 2.25. The van der Waals surface area contributed by atoms with E-state index in [1.165, 1.54) is 19.3 Å². The van der Waals surface area contributed by atoms with Crippen molar-refractivity contribution in [3.8, 4) is 0 Å². The third kappa shape index (κ3) is 11.4. The van der Waals surface area contributed by atoms with Crippen LogP contribution in [0.2, 0.25) is 0 Å². The largest absolute Gasteiger partial charge is 0.396 e. The van der Waals surface area contributed by atoms with E-state index >= 15 is 0 Å². The van der Waals surface area contributed by atoms with Gasteiger partial charge in [0, 0.05) is 18.0 Å². The quantitative estimate of drug-likeness (QED) is 0.337. The fraction of sp³-hybridized carbons (Fsp3) is 1.00. The van der Waals surface area contributed by atoms with Crippen LogP contribution < -0.4 is 0 Å². The van der Waals surface area contributed by atoms with Crippen LogP contribution in [0.3, 0.4) is 0 Å². The molecule has 0 aromatic carbocycles. The summed E-state index contributed by atoms with van der Waals surface area (Å²) in [6, 6.07) is 0. The molecule has 1 N–H and O–H groups in total. The predicted octanol–water partition coefficient (Wildman–Crippen LogP) is 2.38. The van der Waals surface area contributed by atoms with Crippen LogP contribution in [0.25, 0.3) is 0 Å². The van der Waals surface area contributed by atoms with Crippen molar-refractivity contribution in [2.45, 2.75) is 51.4 Å². The van der Waals surface area contributed by atoms with E-state index in [-0.39, 0.29) is 11.5 Å². The Morgan fingerprint density at radius 2 is 1.29 bits per heavy atom. The number of unbranched alkanes of at least 4 members (excludes halogenated alkanes) is 7. The van der Waals surface area contributed by atoms with Crippen molar-refractivity contribution < 1.29 is 10.0 Å². The topological polar surface area (TPSA) is 63.4 Å². The Labute approximate surface area is 85.5 Å². The second-order valence-electron chi connectivity index (χ2n) is 3.61. The Bertz CT molecular complexity index is 139. The van der Waals surface area contributed by atoms with Gasteiger partial charge in [-0.15, -0.1) is 0 Å². The molecule has 0 atom stereocenters. The number of hydrogen-bond acceptors (Lipinski definition) is 3. The second kappa shape index (κ2) is 10.4. The summed E-state index contributed by atoms with van der Waals surface area (Å²) in [7, 11) is 0. The smallest absolute Gasteiger partial charge is 0.203 e. The molecule has 0 aliphatic rings. The SMILES string of the molecule is O=[N+]([O-])CCCCCCCCCCO. The lowest BCUT2D eigenvalue weighted by molar-refractivity contribution is -0.480. The van der Waals surface area contributed by atoms with Gasteiger partial charge in [0.05, 0.1) is 0 Å². The molecule has 4 heteroatoms. The number of hydrogen-bond donors (Lipinski definition) is 1. The van der Waals surface area contributed by atoms with E-state index in [0.29, 0.717) is 13.0 Å². The summed E-state index contributed by atoms with van der Waals surface area (Å²) in [5.41, 5.74) is 0. The van der Waals surface area contributed by atoms with Gasteiger partial charge in [0.2, 0.25) is 6.54 Å². The molecule has 0 unspecified atom stereocenters. The number of nitro groups is 1. The molecule has 0 saturated heterocycles. The maximum Gasteiger partial charge on any atom is 0.203 e. The summed E-state index contributed by atoms with van der Waals surface area (Å²) in [6.45, 7) is 0.410. The Morgan fingerprint density at radius 3 is 1.71 bits per heavy atom. The van der Waals surface area contributed by atoms with Crippen molar-refractivity contribution in [3.05, 3.63) is 10.1 Å². The highest BCUT2D eigenvalue weighted by Crippen LogP contribution is 2.08. The van der Waals surface area contributed by atoms with E-state index in [2.05, 4.69) is 0 Å². The molecule has 0 aromatic rings. The molecule has 14 heavy (non-hydrogen) atoms. The van der Waals surface area contributed by atoms with Crippen LogP contribution in [0.5, 0.6) is 0 Å². The second-order valence-corrected chi connectivity index (χ2v) is 3.61. The van der Waals surface area contributed by atoms with Crippen LogP contribution in [0.15, 0.2) is 0 Å². The first-order valence-corrected chi connectivity index (χ1v) is 5.50. The molecule has 0 bridgehead atoms. The molecule has 0 amide bonds. The van der Waals surface area contributed by atoms with Crippen molar-refractivity contribution in [2.75, 3.05) is 13.2 Å². The lowest BCUT2D eigenvalue weighted by Gasteiger charge is -1.99. The van der Waals surface area contributed by atoms with E-state index in [1.54, 1.807) is 0 Å². The van der Waals surface area contributed by atoms with Gasteiger partial charge in [-0.3, -0.25) is 10.1 Å².